The Hall–Kier alpha value is -2.95. The molecule has 0 aliphatic rings. The average molecular weight is 321 g/mol. The summed E-state index contributed by atoms with van der Waals surface area (Å²) in [6, 6.07) is 12.9. The topological polar surface area (TPSA) is 64.0 Å². The summed E-state index contributed by atoms with van der Waals surface area (Å²) >= 11 is 0. The number of anilines is 1. The number of aromatic nitrogens is 2. The van der Waals surface area contributed by atoms with Gasteiger partial charge in [0.2, 0.25) is 5.43 Å². The number of nitrogens with one attached hydrogen (secondary N) is 1. The van der Waals surface area contributed by atoms with E-state index in [9.17, 15) is 9.59 Å². The minimum atomic E-state index is -0.488. The average Bonchev–Trinajstić information content (AvgIpc) is 2.54. The number of aryl methyl sites for hydroxylation is 3. The molecule has 1 heterocycles. The van der Waals surface area contributed by atoms with Gasteiger partial charge in [0, 0.05) is 17.6 Å². The quantitative estimate of drug-likeness (QED) is 0.805. The van der Waals surface area contributed by atoms with E-state index in [4.69, 9.17) is 0 Å². The van der Waals surface area contributed by atoms with E-state index in [1.165, 1.54) is 0 Å². The number of fused-ring (bicyclic) bond motifs is 1. The van der Waals surface area contributed by atoms with Gasteiger partial charge in [-0.15, -0.1) is 0 Å². The van der Waals surface area contributed by atoms with Crippen molar-refractivity contribution in [1.82, 2.24) is 9.78 Å². The van der Waals surface area contributed by atoms with Crippen LogP contribution in [0.3, 0.4) is 0 Å². The lowest BCUT2D eigenvalue weighted by atomic mass is 10.1. The van der Waals surface area contributed by atoms with E-state index in [1.54, 1.807) is 16.8 Å². The van der Waals surface area contributed by atoms with Gasteiger partial charge in [-0.1, -0.05) is 18.2 Å². The Morgan fingerprint density at radius 1 is 1.12 bits per heavy atom. The lowest BCUT2D eigenvalue weighted by Crippen LogP contribution is -2.27. The van der Waals surface area contributed by atoms with E-state index in [-0.39, 0.29) is 11.1 Å². The highest BCUT2D eigenvalue weighted by Gasteiger charge is 2.17. The van der Waals surface area contributed by atoms with Gasteiger partial charge in [0.05, 0.1) is 5.52 Å². The van der Waals surface area contributed by atoms with Gasteiger partial charge in [0.15, 0.2) is 5.69 Å². The Balaban J connectivity index is 2.07. The smallest absolute Gasteiger partial charge is 0.280 e. The van der Waals surface area contributed by atoms with Gasteiger partial charge in [0.25, 0.3) is 5.91 Å². The summed E-state index contributed by atoms with van der Waals surface area (Å²) in [5, 5.41) is 7.53. The highest BCUT2D eigenvalue weighted by Crippen LogP contribution is 2.15. The van der Waals surface area contributed by atoms with Crippen molar-refractivity contribution in [3.63, 3.8) is 0 Å². The SMILES string of the molecule is CCn1nc(C(=O)Nc2cc(C)cc(C)c2)c(=O)c2ccccc21. The Kier molecular flexibility index (Phi) is 4.16. The normalized spacial score (nSPS) is 10.8. The molecule has 2 aromatic carbocycles. The molecule has 0 radical (unpaired) electrons. The summed E-state index contributed by atoms with van der Waals surface area (Å²) in [7, 11) is 0. The highest BCUT2D eigenvalue weighted by atomic mass is 16.2. The van der Waals surface area contributed by atoms with Crippen LogP contribution in [0.5, 0.6) is 0 Å². The Labute approximate surface area is 139 Å². The minimum absolute atomic E-state index is 0.0882. The van der Waals surface area contributed by atoms with Crippen molar-refractivity contribution >= 4 is 22.5 Å². The van der Waals surface area contributed by atoms with Crippen LogP contribution >= 0.6 is 0 Å². The largest absolute Gasteiger partial charge is 0.320 e. The number of nitrogens with zero attached hydrogens (tertiary/aromatic N) is 2. The zero-order valence-electron chi connectivity index (χ0n) is 14.0. The maximum Gasteiger partial charge on any atom is 0.280 e. The Morgan fingerprint density at radius 2 is 1.79 bits per heavy atom. The molecule has 24 heavy (non-hydrogen) atoms. The van der Waals surface area contributed by atoms with Gasteiger partial charge in [-0.25, -0.2) is 0 Å². The van der Waals surface area contributed by atoms with Crippen LogP contribution < -0.4 is 10.7 Å². The third-order valence-electron chi connectivity index (χ3n) is 3.86. The van der Waals surface area contributed by atoms with Crippen molar-refractivity contribution in [2.75, 3.05) is 5.32 Å². The Morgan fingerprint density at radius 3 is 2.46 bits per heavy atom. The van der Waals surface area contributed by atoms with Gasteiger partial charge in [0.1, 0.15) is 0 Å². The molecule has 0 aliphatic carbocycles. The van der Waals surface area contributed by atoms with E-state index in [2.05, 4.69) is 10.4 Å². The molecular formula is C19H19N3O2. The fourth-order valence-electron chi connectivity index (χ4n) is 2.87. The van der Waals surface area contributed by atoms with Crippen LogP contribution in [-0.2, 0) is 6.54 Å². The molecular weight excluding hydrogens is 302 g/mol. The van der Waals surface area contributed by atoms with Crippen molar-refractivity contribution in [2.45, 2.75) is 27.3 Å². The Bertz CT molecular complexity index is 969. The number of carbonyl (C=O) groups is 1. The molecule has 0 atom stereocenters. The highest BCUT2D eigenvalue weighted by molar-refractivity contribution is 6.04. The van der Waals surface area contributed by atoms with Gasteiger partial charge < -0.3 is 5.32 Å². The van der Waals surface area contributed by atoms with Crippen molar-refractivity contribution in [1.29, 1.82) is 0 Å². The molecule has 0 saturated heterocycles. The maximum atomic E-state index is 12.6. The molecule has 3 aromatic rings. The van der Waals surface area contributed by atoms with Crippen molar-refractivity contribution in [2.24, 2.45) is 0 Å². The number of amides is 1. The zero-order chi connectivity index (χ0) is 17.3. The second-order valence-electron chi connectivity index (χ2n) is 5.84. The molecule has 0 bridgehead atoms. The number of rotatable bonds is 3. The predicted octanol–water partition coefficient (Wildman–Crippen LogP) is 3.29. The monoisotopic (exact) mass is 321 g/mol. The van der Waals surface area contributed by atoms with Crippen LogP contribution in [0.4, 0.5) is 5.69 Å². The summed E-state index contributed by atoms with van der Waals surface area (Å²) in [5.74, 6) is -0.488. The first-order valence-electron chi connectivity index (χ1n) is 7.89. The fraction of sp³-hybridized carbons (Fsp3) is 0.211. The molecule has 0 spiro atoms. The standard InChI is InChI=1S/C19H19N3O2/c1-4-22-16-8-6-5-7-15(16)18(23)17(21-22)19(24)20-14-10-12(2)9-13(3)11-14/h5-11H,4H2,1-3H3,(H,20,24). The zero-order valence-corrected chi connectivity index (χ0v) is 14.0. The van der Waals surface area contributed by atoms with Crippen LogP contribution in [0.25, 0.3) is 10.9 Å². The number of para-hydroxylation sites is 1. The number of carbonyl (C=O) groups excluding carboxylic acids is 1. The molecule has 0 aliphatic heterocycles. The molecule has 0 unspecified atom stereocenters. The molecule has 1 amide bonds. The summed E-state index contributed by atoms with van der Waals surface area (Å²) < 4.78 is 1.67. The van der Waals surface area contributed by atoms with E-state index in [0.29, 0.717) is 17.6 Å². The second-order valence-corrected chi connectivity index (χ2v) is 5.84. The molecule has 5 nitrogen and oxygen atoms in total. The molecule has 1 aromatic heterocycles. The van der Waals surface area contributed by atoms with Crippen molar-refractivity contribution < 1.29 is 4.79 Å². The number of benzene rings is 2. The van der Waals surface area contributed by atoms with E-state index < -0.39 is 5.91 Å². The maximum absolute atomic E-state index is 12.6. The van der Waals surface area contributed by atoms with Crippen LogP contribution in [0.1, 0.15) is 28.5 Å². The summed E-state index contributed by atoms with van der Waals surface area (Å²) in [4.78, 5) is 25.2. The molecule has 122 valence electrons. The first-order chi connectivity index (χ1) is 11.5. The van der Waals surface area contributed by atoms with Gasteiger partial charge in [-0.05, 0) is 56.2 Å². The van der Waals surface area contributed by atoms with Crippen LogP contribution in [0, 0.1) is 13.8 Å². The molecule has 1 N–H and O–H groups in total. The van der Waals surface area contributed by atoms with Crippen molar-refractivity contribution in [3.05, 3.63) is 69.5 Å². The van der Waals surface area contributed by atoms with Crippen molar-refractivity contribution in [3.8, 4) is 0 Å². The fourth-order valence-corrected chi connectivity index (χ4v) is 2.87. The van der Waals surface area contributed by atoms with Gasteiger partial charge >= 0.3 is 0 Å². The summed E-state index contributed by atoms with van der Waals surface area (Å²) in [6.07, 6.45) is 0. The predicted molar refractivity (Wildman–Crippen MR) is 95.5 cm³/mol. The lowest BCUT2D eigenvalue weighted by Gasteiger charge is -2.11. The third-order valence-corrected chi connectivity index (χ3v) is 3.86. The summed E-state index contributed by atoms with van der Waals surface area (Å²) in [5.41, 5.74) is 3.04. The van der Waals surface area contributed by atoms with Crippen LogP contribution in [-0.4, -0.2) is 15.7 Å². The molecule has 0 fully saturated rings. The van der Waals surface area contributed by atoms with E-state index in [1.807, 2.05) is 51.1 Å². The summed E-state index contributed by atoms with van der Waals surface area (Å²) in [6.45, 7) is 6.42. The van der Waals surface area contributed by atoms with Gasteiger partial charge in [-0.3, -0.25) is 14.3 Å². The minimum Gasteiger partial charge on any atom is -0.320 e. The lowest BCUT2D eigenvalue weighted by molar-refractivity contribution is 0.101. The first-order valence-corrected chi connectivity index (χ1v) is 7.89. The first kappa shape index (κ1) is 15.9. The van der Waals surface area contributed by atoms with E-state index in [0.717, 1.165) is 16.6 Å². The molecule has 3 rings (SSSR count). The van der Waals surface area contributed by atoms with Crippen LogP contribution in [0.15, 0.2) is 47.3 Å². The third kappa shape index (κ3) is 2.93. The number of hydrogen-bond acceptors (Lipinski definition) is 3. The molecule has 0 saturated carbocycles. The van der Waals surface area contributed by atoms with Gasteiger partial charge in [-0.2, -0.15) is 5.10 Å². The second kappa shape index (κ2) is 6.28. The van der Waals surface area contributed by atoms with Crippen LogP contribution in [0.2, 0.25) is 0 Å². The number of hydrogen-bond donors (Lipinski definition) is 1. The van der Waals surface area contributed by atoms with E-state index >= 15 is 0 Å². The molecule has 5 heteroatoms.